The lowest BCUT2D eigenvalue weighted by Crippen LogP contribution is -2.40. The van der Waals surface area contributed by atoms with E-state index >= 15 is 0 Å². The molecule has 1 aromatic heterocycles. The zero-order valence-electron chi connectivity index (χ0n) is 13.6. The average Bonchev–Trinajstić information content (AvgIpc) is 2.97. The molecule has 1 aliphatic carbocycles. The summed E-state index contributed by atoms with van der Waals surface area (Å²) in [7, 11) is 0. The number of aromatic nitrogens is 2. The van der Waals surface area contributed by atoms with Crippen LogP contribution in [0.3, 0.4) is 0 Å². The fourth-order valence-corrected chi connectivity index (χ4v) is 5.33. The Morgan fingerprint density at radius 3 is 2.75 bits per heavy atom. The van der Waals surface area contributed by atoms with Crippen LogP contribution in [-0.4, -0.2) is 27.0 Å². The van der Waals surface area contributed by atoms with Gasteiger partial charge < -0.3 is 5.32 Å². The molecule has 0 bridgehead atoms. The Morgan fingerprint density at radius 1 is 1.33 bits per heavy atom. The third kappa shape index (κ3) is 4.46. The first kappa shape index (κ1) is 17.6. The van der Waals surface area contributed by atoms with Gasteiger partial charge in [-0.3, -0.25) is 4.79 Å². The summed E-state index contributed by atoms with van der Waals surface area (Å²) in [5.74, 6) is 0.0966. The SMILES string of the molecule is CC(Sc1nn(-c2ccccc2)c(=S)s1)C(=O)NC1CCCCC1. The largest absolute Gasteiger partial charge is 0.352 e. The van der Waals surface area contributed by atoms with E-state index in [1.807, 2.05) is 37.3 Å². The quantitative estimate of drug-likeness (QED) is 0.609. The summed E-state index contributed by atoms with van der Waals surface area (Å²) < 4.78 is 3.28. The van der Waals surface area contributed by atoms with E-state index < -0.39 is 0 Å². The summed E-state index contributed by atoms with van der Waals surface area (Å²) in [6.07, 6.45) is 5.93. The number of carbonyl (C=O) groups is 1. The number of nitrogens with one attached hydrogen (secondary N) is 1. The Balaban J connectivity index is 1.63. The molecule has 128 valence electrons. The summed E-state index contributed by atoms with van der Waals surface area (Å²) in [6, 6.07) is 10.2. The molecule has 4 nitrogen and oxygen atoms in total. The van der Waals surface area contributed by atoms with E-state index in [-0.39, 0.29) is 11.2 Å². The lowest BCUT2D eigenvalue weighted by Gasteiger charge is -2.24. The second-order valence-electron chi connectivity index (χ2n) is 5.98. The van der Waals surface area contributed by atoms with Crippen LogP contribution in [0.2, 0.25) is 0 Å². The zero-order chi connectivity index (χ0) is 16.9. The monoisotopic (exact) mass is 379 g/mol. The maximum absolute atomic E-state index is 12.4. The van der Waals surface area contributed by atoms with E-state index in [1.54, 1.807) is 4.68 Å². The third-order valence-electron chi connectivity index (χ3n) is 4.13. The van der Waals surface area contributed by atoms with Crippen molar-refractivity contribution in [1.29, 1.82) is 0 Å². The van der Waals surface area contributed by atoms with Gasteiger partial charge >= 0.3 is 0 Å². The molecule has 0 saturated heterocycles. The van der Waals surface area contributed by atoms with Crippen molar-refractivity contribution in [1.82, 2.24) is 15.1 Å². The molecule has 1 N–H and O–H groups in total. The van der Waals surface area contributed by atoms with Gasteiger partial charge in [0, 0.05) is 6.04 Å². The number of amides is 1. The van der Waals surface area contributed by atoms with Gasteiger partial charge in [-0.1, -0.05) is 60.6 Å². The Labute approximate surface area is 155 Å². The highest BCUT2D eigenvalue weighted by molar-refractivity contribution is 8.02. The van der Waals surface area contributed by atoms with Crippen LogP contribution in [-0.2, 0) is 4.79 Å². The summed E-state index contributed by atoms with van der Waals surface area (Å²) in [5, 5.41) is 7.57. The number of thioether (sulfide) groups is 1. The van der Waals surface area contributed by atoms with E-state index in [9.17, 15) is 4.79 Å². The lowest BCUT2D eigenvalue weighted by atomic mass is 9.95. The highest BCUT2D eigenvalue weighted by Gasteiger charge is 2.21. The number of nitrogens with zero attached hydrogens (tertiary/aromatic N) is 2. The van der Waals surface area contributed by atoms with Crippen LogP contribution in [0.4, 0.5) is 0 Å². The average molecular weight is 380 g/mol. The Morgan fingerprint density at radius 2 is 2.04 bits per heavy atom. The molecule has 0 radical (unpaired) electrons. The molecule has 24 heavy (non-hydrogen) atoms. The number of para-hydroxylation sites is 1. The fourth-order valence-electron chi connectivity index (χ4n) is 2.81. The summed E-state index contributed by atoms with van der Waals surface area (Å²) in [5.41, 5.74) is 0.949. The first-order valence-electron chi connectivity index (χ1n) is 8.26. The van der Waals surface area contributed by atoms with Gasteiger partial charge in [-0.15, -0.1) is 5.10 Å². The maximum atomic E-state index is 12.4. The maximum Gasteiger partial charge on any atom is 0.233 e. The van der Waals surface area contributed by atoms with Crippen molar-refractivity contribution in [2.24, 2.45) is 0 Å². The van der Waals surface area contributed by atoms with Crippen LogP contribution in [0.5, 0.6) is 0 Å². The van der Waals surface area contributed by atoms with Crippen molar-refractivity contribution in [3.05, 3.63) is 34.3 Å². The highest BCUT2D eigenvalue weighted by atomic mass is 32.2. The van der Waals surface area contributed by atoms with E-state index in [4.69, 9.17) is 12.2 Å². The minimum atomic E-state index is -0.170. The van der Waals surface area contributed by atoms with E-state index in [1.165, 1.54) is 42.4 Å². The van der Waals surface area contributed by atoms with Gasteiger partial charge in [0.2, 0.25) is 5.91 Å². The van der Waals surface area contributed by atoms with Gasteiger partial charge in [-0.05, 0) is 44.1 Å². The molecule has 0 spiro atoms. The molecular weight excluding hydrogens is 358 g/mol. The normalized spacial score (nSPS) is 16.7. The van der Waals surface area contributed by atoms with Gasteiger partial charge in [0.15, 0.2) is 8.29 Å². The van der Waals surface area contributed by atoms with E-state index in [2.05, 4.69) is 10.4 Å². The van der Waals surface area contributed by atoms with Crippen molar-refractivity contribution in [2.75, 3.05) is 0 Å². The van der Waals surface area contributed by atoms with Crippen molar-refractivity contribution >= 4 is 41.2 Å². The number of benzene rings is 1. The lowest BCUT2D eigenvalue weighted by molar-refractivity contribution is -0.121. The minimum Gasteiger partial charge on any atom is -0.352 e. The van der Waals surface area contributed by atoms with E-state index in [0.29, 0.717) is 10.00 Å². The van der Waals surface area contributed by atoms with Gasteiger partial charge in [0.05, 0.1) is 10.9 Å². The number of hydrogen-bond acceptors (Lipinski definition) is 5. The molecule has 1 fully saturated rings. The standard InChI is InChI=1S/C17H21N3OS3/c1-12(15(21)18-13-8-4-2-5-9-13)23-16-19-20(17(22)24-16)14-10-6-3-7-11-14/h3,6-7,10-13H,2,4-5,8-9H2,1H3,(H,18,21). The molecule has 1 aromatic carbocycles. The molecule has 2 aromatic rings. The second kappa shape index (κ2) is 8.27. The first-order chi connectivity index (χ1) is 11.6. The second-order valence-corrected chi connectivity index (χ2v) is 9.20. The van der Waals surface area contributed by atoms with E-state index in [0.717, 1.165) is 22.9 Å². The number of carbonyl (C=O) groups excluding carboxylic acids is 1. The van der Waals surface area contributed by atoms with Crippen molar-refractivity contribution in [3.63, 3.8) is 0 Å². The highest BCUT2D eigenvalue weighted by Crippen LogP contribution is 2.28. The van der Waals surface area contributed by atoms with Gasteiger partial charge in [-0.25, -0.2) is 4.68 Å². The smallest absolute Gasteiger partial charge is 0.233 e. The Hall–Kier alpha value is -1.18. The predicted molar refractivity (Wildman–Crippen MR) is 103 cm³/mol. The van der Waals surface area contributed by atoms with Crippen LogP contribution in [0.15, 0.2) is 34.7 Å². The van der Waals surface area contributed by atoms with Crippen molar-refractivity contribution < 1.29 is 4.79 Å². The summed E-state index contributed by atoms with van der Waals surface area (Å²) >= 11 is 8.34. The fraction of sp³-hybridized carbons (Fsp3) is 0.471. The van der Waals surface area contributed by atoms with Crippen LogP contribution < -0.4 is 5.32 Å². The topological polar surface area (TPSA) is 46.9 Å². The number of rotatable bonds is 5. The minimum absolute atomic E-state index is 0.0966. The molecule has 1 atom stereocenters. The summed E-state index contributed by atoms with van der Waals surface area (Å²) in [6.45, 7) is 1.93. The molecule has 1 unspecified atom stereocenters. The summed E-state index contributed by atoms with van der Waals surface area (Å²) in [4.78, 5) is 12.4. The van der Waals surface area contributed by atoms with Crippen LogP contribution in [0.25, 0.3) is 5.69 Å². The van der Waals surface area contributed by atoms with Crippen molar-refractivity contribution in [2.45, 2.75) is 54.7 Å². The molecule has 1 aliphatic rings. The molecular formula is C17H21N3OS3. The molecule has 3 rings (SSSR count). The van der Waals surface area contributed by atoms with Crippen LogP contribution >= 0.6 is 35.3 Å². The molecule has 1 heterocycles. The molecule has 1 saturated carbocycles. The third-order valence-corrected chi connectivity index (χ3v) is 6.54. The Bertz CT molecular complexity index is 735. The Kier molecular flexibility index (Phi) is 6.08. The zero-order valence-corrected chi connectivity index (χ0v) is 16.1. The van der Waals surface area contributed by atoms with Crippen molar-refractivity contribution in [3.8, 4) is 5.69 Å². The van der Waals surface area contributed by atoms with Crippen LogP contribution in [0, 0.1) is 3.95 Å². The van der Waals surface area contributed by atoms with Crippen LogP contribution in [0.1, 0.15) is 39.0 Å². The number of hydrogen-bond donors (Lipinski definition) is 1. The van der Waals surface area contributed by atoms with Gasteiger partial charge in [0.25, 0.3) is 0 Å². The van der Waals surface area contributed by atoms with Gasteiger partial charge in [-0.2, -0.15) is 0 Å². The molecule has 1 amide bonds. The molecule has 0 aliphatic heterocycles. The molecule has 7 heteroatoms. The van der Waals surface area contributed by atoms with Gasteiger partial charge in [0.1, 0.15) is 0 Å². The predicted octanol–water partition coefficient (Wildman–Crippen LogP) is 4.59. The first-order valence-corrected chi connectivity index (χ1v) is 10.4.